The normalized spacial score (nSPS) is 19.9. The zero-order chi connectivity index (χ0) is 21.6. The lowest BCUT2D eigenvalue weighted by Crippen LogP contribution is -2.41. The molecule has 4 rings (SSSR count). The van der Waals surface area contributed by atoms with Crippen LogP contribution in [0.2, 0.25) is 0 Å². The number of aromatic nitrogens is 1. The highest BCUT2D eigenvalue weighted by Gasteiger charge is 2.35. The Morgan fingerprint density at radius 3 is 2.48 bits per heavy atom. The minimum atomic E-state index is -0.482. The fourth-order valence-electron chi connectivity index (χ4n) is 4.33. The lowest BCUT2D eigenvalue weighted by molar-refractivity contribution is -0.145. The van der Waals surface area contributed by atoms with Crippen LogP contribution in [0, 0.1) is 0 Å². The average Bonchev–Trinajstić information content (AvgIpc) is 3.31. The van der Waals surface area contributed by atoms with E-state index in [9.17, 15) is 9.59 Å². The van der Waals surface area contributed by atoms with Crippen LogP contribution < -0.4 is 4.74 Å². The first-order chi connectivity index (χ1) is 15.1. The second kappa shape index (κ2) is 9.92. The summed E-state index contributed by atoms with van der Waals surface area (Å²) in [6.45, 7) is 3.39. The van der Waals surface area contributed by atoms with Gasteiger partial charge >= 0.3 is 5.97 Å². The fourth-order valence-corrected chi connectivity index (χ4v) is 4.33. The molecule has 0 saturated carbocycles. The predicted octanol–water partition coefficient (Wildman–Crippen LogP) is 2.90. The third kappa shape index (κ3) is 5.22. The van der Waals surface area contributed by atoms with Gasteiger partial charge in [-0.15, -0.1) is 0 Å². The number of piperidine rings is 1. The maximum atomic E-state index is 12.8. The molecule has 1 amide bonds. The summed E-state index contributed by atoms with van der Waals surface area (Å²) in [6, 6.07) is 12.8. The highest BCUT2D eigenvalue weighted by Crippen LogP contribution is 2.24. The molecule has 2 aliphatic rings. The van der Waals surface area contributed by atoms with E-state index in [1.807, 2.05) is 30.5 Å². The van der Waals surface area contributed by atoms with Crippen molar-refractivity contribution < 1.29 is 19.1 Å². The van der Waals surface area contributed by atoms with Gasteiger partial charge in [0.05, 0.1) is 12.8 Å². The molecule has 0 spiro atoms. The first kappa shape index (κ1) is 21.3. The van der Waals surface area contributed by atoms with E-state index in [1.54, 1.807) is 17.0 Å². The number of nitrogens with zero attached hydrogens (tertiary/aromatic N) is 3. The first-order valence-electron chi connectivity index (χ1n) is 10.9. The van der Waals surface area contributed by atoms with E-state index in [0.29, 0.717) is 18.5 Å². The number of pyridine rings is 1. The van der Waals surface area contributed by atoms with E-state index in [1.165, 1.54) is 7.11 Å². The Bertz CT molecular complexity index is 879. The van der Waals surface area contributed by atoms with Gasteiger partial charge in [0.25, 0.3) is 5.91 Å². The maximum absolute atomic E-state index is 12.8. The van der Waals surface area contributed by atoms with Crippen LogP contribution in [0.4, 0.5) is 0 Å². The molecule has 0 bridgehead atoms. The standard InChI is InChI=1S/C24H29N3O4/c1-30-24(29)22-6-4-14-27(22)23(28)18-7-9-20(10-8-18)31-21-11-15-26(16-12-21)17-19-5-2-3-13-25-19/h2-3,5,7-10,13,21-22H,4,6,11-12,14-17H2,1H3/t22-/m0/s1. The molecule has 0 unspecified atom stereocenters. The molecule has 2 aromatic rings. The molecule has 7 nitrogen and oxygen atoms in total. The number of ether oxygens (including phenoxy) is 2. The quantitative estimate of drug-likeness (QED) is 0.666. The summed E-state index contributed by atoms with van der Waals surface area (Å²) in [5.74, 6) is 0.285. The Morgan fingerprint density at radius 1 is 1.03 bits per heavy atom. The molecule has 0 N–H and O–H groups in total. The van der Waals surface area contributed by atoms with E-state index >= 15 is 0 Å². The van der Waals surface area contributed by atoms with E-state index < -0.39 is 6.04 Å². The van der Waals surface area contributed by atoms with E-state index in [4.69, 9.17) is 9.47 Å². The Morgan fingerprint density at radius 2 is 1.81 bits per heavy atom. The van der Waals surface area contributed by atoms with Gasteiger partial charge in [-0.2, -0.15) is 0 Å². The number of hydrogen-bond donors (Lipinski definition) is 0. The van der Waals surface area contributed by atoms with Crippen molar-refractivity contribution in [2.45, 2.75) is 44.4 Å². The van der Waals surface area contributed by atoms with Gasteiger partial charge in [0, 0.05) is 37.9 Å². The third-order valence-corrected chi connectivity index (χ3v) is 6.04. The number of amides is 1. The number of hydrogen-bond acceptors (Lipinski definition) is 6. The molecule has 1 aromatic heterocycles. The van der Waals surface area contributed by atoms with Crippen LogP contribution in [0.3, 0.4) is 0 Å². The topological polar surface area (TPSA) is 72.0 Å². The number of carbonyl (C=O) groups excluding carboxylic acids is 2. The number of benzene rings is 1. The molecule has 0 aliphatic carbocycles. The van der Waals surface area contributed by atoms with Gasteiger partial charge < -0.3 is 14.4 Å². The first-order valence-corrected chi connectivity index (χ1v) is 10.9. The minimum Gasteiger partial charge on any atom is -0.490 e. The van der Waals surface area contributed by atoms with Crippen LogP contribution >= 0.6 is 0 Å². The van der Waals surface area contributed by atoms with E-state index in [2.05, 4.69) is 16.0 Å². The number of carbonyl (C=O) groups is 2. The fraction of sp³-hybridized carbons (Fsp3) is 0.458. The molecule has 1 atom stereocenters. The van der Waals surface area contributed by atoms with E-state index in [0.717, 1.165) is 50.3 Å². The maximum Gasteiger partial charge on any atom is 0.328 e. The summed E-state index contributed by atoms with van der Waals surface area (Å²) < 4.78 is 11.0. The monoisotopic (exact) mass is 423 g/mol. The molecule has 2 saturated heterocycles. The molecular weight excluding hydrogens is 394 g/mol. The Kier molecular flexibility index (Phi) is 6.82. The molecule has 31 heavy (non-hydrogen) atoms. The number of methoxy groups -OCH3 is 1. The van der Waals surface area contributed by atoms with Gasteiger partial charge in [0.1, 0.15) is 17.9 Å². The van der Waals surface area contributed by atoms with Crippen LogP contribution in [0.5, 0.6) is 5.75 Å². The van der Waals surface area contributed by atoms with Crippen molar-refractivity contribution in [3.63, 3.8) is 0 Å². The van der Waals surface area contributed by atoms with E-state index in [-0.39, 0.29) is 18.0 Å². The summed E-state index contributed by atoms with van der Waals surface area (Å²) in [5.41, 5.74) is 1.66. The van der Waals surface area contributed by atoms with Crippen molar-refractivity contribution in [3.05, 3.63) is 59.9 Å². The van der Waals surface area contributed by atoms with Crippen molar-refractivity contribution in [2.24, 2.45) is 0 Å². The molecule has 0 radical (unpaired) electrons. The molecule has 1 aromatic carbocycles. The Labute approximate surface area is 183 Å². The van der Waals surface area contributed by atoms with Crippen LogP contribution in [0.1, 0.15) is 41.7 Å². The van der Waals surface area contributed by atoms with Gasteiger partial charge in [0.15, 0.2) is 0 Å². The van der Waals surface area contributed by atoms with Crippen molar-refractivity contribution in [1.29, 1.82) is 0 Å². The Hall–Kier alpha value is -2.93. The molecule has 7 heteroatoms. The summed E-state index contributed by atoms with van der Waals surface area (Å²) in [7, 11) is 1.36. The van der Waals surface area contributed by atoms with Gasteiger partial charge in [-0.1, -0.05) is 6.07 Å². The molecule has 2 aliphatic heterocycles. The molecule has 164 valence electrons. The zero-order valence-electron chi connectivity index (χ0n) is 17.9. The minimum absolute atomic E-state index is 0.137. The van der Waals surface area contributed by atoms with Crippen LogP contribution in [0.25, 0.3) is 0 Å². The number of rotatable bonds is 6. The smallest absolute Gasteiger partial charge is 0.328 e. The second-order valence-corrected chi connectivity index (χ2v) is 8.12. The average molecular weight is 424 g/mol. The summed E-state index contributed by atoms with van der Waals surface area (Å²) in [4.78, 5) is 33.2. The van der Waals surface area contributed by atoms with Crippen molar-refractivity contribution >= 4 is 11.9 Å². The SMILES string of the molecule is COC(=O)[C@@H]1CCCN1C(=O)c1ccc(OC2CCN(Cc3ccccn3)CC2)cc1. The summed E-state index contributed by atoms with van der Waals surface area (Å²) >= 11 is 0. The highest BCUT2D eigenvalue weighted by molar-refractivity contribution is 5.97. The van der Waals surface area contributed by atoms with Crippen molar-refractivity contribution in [2.75, 3.05) is 26.7 Å². The molecular formula is C24H29N3O4. The third-order valence-electron chi connectivity index (χ3n) is 6.04. The lowest BCUT2D eigenvalue weighted by atomic mass is 10.1. The van der Waals surface area contributed by atoms with Gasteiger partial charge in [-0.3, -0.25) is 14.7 Å². The molecule has 2 fully saturated rings. The van der Waals surface area contributed by atoms with Crippen molar-refractivity contribution in [3.8, 4) is 5.75 Å². The van der Waals surface area contributed by atoms with Gasteiger partial charge in [-0.05, 0) is 62.1 Å². The highest BCUT2D eigenvalue weighted by atomic mass is 16.5. The molecule has 3 heterocycles. The summed E-state index contributed by atoms with van der Waals surface area (Å²) in [6.07, 6.45) is 5.39. The number of esters is 1. The van der Waals surface area contributed by atoms with Gasteiger partial charge in [-0.25, -0.2) is 4.79 Å². The van der Waals surface area contributed by atoms with Crippen LogP contribution in [0.15, 0.2) is 48.7 Å². The predicted molar refractivity (Wildman–Crippen MR) is 116 cm³/mol. The van der Waals surface area contributed by atoms with Gasteiger partial charge in [0.2, 0.25) is 0 Å². The summed E-state index contributed by atoms with van der Waals surface area (Å²) in [5, 5.41) is 0. The largest absolute Gasteiger partial charge is 0.490 e. The second-order valence-electron chi connectivity index (χ2n) is 8.12. The zero-order valence-corrected chi connectivity index (χ0v) is 17.9. The van der Waals surface area contributed by atoms with Crippen molar-refractivity contribution in [1.82, 2.24) is 14.8 Å². The Balaban J connectivity index is 1.28. The van der Waals surface area contributed by atoms with Crippen LogP contribution in [-0.2, 0) is 16.1 Å². The number of likely N-dealkylation sites (tertiary alicyclic amines) is 2. The van der Waals surface area contributed by atoms with Crippen LogP contribution in [-0.4, -0.2) is 65.6 Å². The lowest BCUT2D eigenvalue weighted by Gasteiger charge is -2.32.